The summed E-state index contributed by atoms with van der Waals surface area (Å²) in [7, 11) is 0. The standard InChI is InChI=1S/C12H15ClFNO.ClH/c13-9-5-4-8(6-10(9)14)11(15)12(16)7-2-1-3-7;/h4-7,11-12,16H,1-3,15H2;1H/t11-,12+;/m1./s1. The average molecular weight is 280 g/mol. The Labute approximate surface area is 111 Å². The predicted octanol–water partition coefficient (Wildman–Crippen LogP) is 3.06. The van der Waals surface area contributed by atoms with Crippen molar-refractivity contribution in [3.63, 3.8) is 0 Å². The topological polar surface area (TPSA) is 46.2 Å². The number of hydrogen-bond donors (Lipinski definition) is 2. The molecule has 1 fully saturated rings. The number of nitrogens with two attached hydrogens (primary N) is 1. The van der Waals surface area contributed by atoms with E-state index in [2.05, 4.69) is 0 Å². The quantitative estimate of drug-likeness (QED) is 0.893. The van der Waals surface area contributed by atoms with Crippen molar-refractivity contribution < 1.29 is 9.50 Å². The molecule has 2 rings (SSSR count). The van der Waals surface area contributed by atoms with E-state index in [0.717, 1.165) is 19.3 Å². The maximum atomic E-state index is 13.2. The number of hydrogen-bond acceptors (Lipinski definition) is 2. The monoisotopic (exact) mass is 279 g/mol. The highest BCUT2D eigenvalue weighted by molar-refractivity contribution is 6.30. The number of benzene rings is 1. The summed E-state index contributed by atoms with van der Waals surface area (Å²) < 4.78 is 13.2. The average Bonchev–Trinajstić information content (AvgIpc) is 2.18. The van der Waals surface area contributed by atoms with Crippen molar-refractivity contribution in [3.8, 4) is 0 Å². The normalized spacial score (nSPS) is 19.1. The van der Waals surface area contributed by atoms with Crippen LogP contribution in [-0.4, -0.2) is 11.2 Å². The molecule has 2 nitrogen and oxygen atoms in total. The van der Waals surface area contributed by atoms with Gasteiger partial charge >= 0.3 is 0 Å². The zero-order valence-electron chi connectivity index (χ0n) is 9.27. The fourth-order valence-corrected chi connectivity index (χ4v) is 2.11. The van der Waals surface area contributed by atoms with E-state index in [1.807, 2.05) is 0 Å². The van der Waals surface area contributed by atoms with Gasteiger partial charge in [-0.1, -0.05) is 24.1 Å². The summed E-state index contributed by atoms with van der Waals surface area (Å²) in [5, 5.41) is 10.0. The van der Waals surface area contributed by atoms with Gasteiger partial charge in [-0.15, -0.1) is 12.4 Å². The molecule has 0 spiro atoms. The zero-order valence-corrected chi connectivity index (χ0v) is 10.8. The first-order valence-electron chi connectivity index (χ1n) is 5.48. The Morgan fingerprint density at radius 3 is 2.53 bits per heavy atom. The van der Waals surface area contributed by atoms with Crippen LogP contribution < -0.4 is 5.73 Å². The Bertz CT molecular complexity index is 385. The van der Waals surface area contributed by atoms with Gasteiger partial charge in [-0.2, -0.15) is 0 Å². The van der Waals surface area contributed by atoms with Crippen molar-refractivity contribution in [2.45, 2.75) is 31.4 Å². The van der Waals surface area contributed by atoms with E-state index in [0.29, 0.717) is 5.56 Å². The summed E-state index contributed by atoms with van der Waals surface area (Å²) in [6, 6.07) is 3.91. The van der Waals surface area contributed by atoms with Crippen LogP contribution in [0.15, 0.2) is 18.2 Å². The summed E-state index contributed by atoms with van der Waals surface area (Å²) >= 11 is 5.59. The van der Waals surface area contributed by atoms with Crippen molar-refractivity contribution in [1.29, 1.82) is 0 Å². The van der Waals surface area contributed by atoms with Crippen molar-refractivity contribution >= 4 is 24.0 Å². The summed E-state index contributed by atoms with van der Waals surface area (Å²) in [5.74, 6) is -0.232. The van der Waals surface area contributed by atoms with E-state index in [-0.39, 0.29) is 23.3 Å². The smallest absolute Gasteiger partial charge is 0.142 e. The highest BCUT2D eigenvalue weighted by Gasteiger charge is 2.30. The Hall–Kier alpha value is -0.350. The van der Waals surface area contributed by atoms with Crippen LogP contribution in [0.4, 0.5) is 4.39 Å². The third-order valence-corrected chi connectivity index (χ3v) is 3.64. The van der Waals surface area contributed by atoms with Gasteiger partial charge in [-0.05, 0) is 36.5 Å². The molecule has 3 N–H and O–H groups in total. The van der Waals surface area contributed by atoms with E-state index in [1.165, 1.54) is 12.1 Å². The van der Waals surface area contributed by atoms with Gasteiger partial charge in [0.2, 0.25) is 0 Å². The fraction of sp³-hybridized carbons (Fsp3) is 0.500. The summed E-state index contributed by atoms with van der Waals surface area (Å²) in [6.07, 6.45) is 2.56. The van der Waals surface area contributed by atoms with E-state index >= 15 is 0 Å². The zero-order chi connectivity index (χ0) is 11.7. The second-order valence-corrected chi connectivity index (χ2v) is 4.79. The molecule has 0 amide bonds. The van der Waals surface area contributed by atoms with E-state index in [1.54, 1.807) is 6.07 Å². The molecule has 0 saturated heterocycles. The van der Waals surface area contributed by atoms with Crippen LogP contribution in [0.2, 0.25) is 5.02 Å². The Morgan fingerprint density at radius 1 is 1.41 bits per heavy atom. The highest BCUT2D eigenvalue weighted by Crippen LogP contribution is 2.34. The number of aliphatic hydroxyl groups excluding tert-OH is 1. The molecule has 0 bridgehead atoms. The fourth-order valence-electron chi connectivity index (χ4n) is 1.99. The molecule has 96 valence electrons. The van der Waals surface area contributed by atoms with Crippen LogP contribution in [0.25, 0.3) is 0 Å². The molecule has 1 aromatic carbocycles. The lowest BCUT2D eigenvalue weighted by Crippen LogP contribution is -2.36. The third-order valence-electron chi connectivity index (χ3n) is 3.33. The predicted molar refractivity (Wildman–Crippen MR) is 68.9 cm³/mol. The lowest BCUT2D eigenvalue weighted by atomic mass is 9.77. The van der Waals surface area contributed by atoms with Gasteiger partial charge in [-0.3, -0.25) is 0 Å². The van der Waals surface area contributed by atoms with E-state index in [9.17, 15) is 9.50 Å². The largest absolute Gasteiger partial charge is 0.391 e. The molecule has 0 aliphatic heterocycles. The van der Waals surface area contributed by atoms with E-state index in [4.69, 9.17) is 17.3 Å². The molecule has 1 aliphatic carbocycles. The SMILES string of the molecule is Cl.N[C@H](c1ccc(Cl)c(F)c1)[C@@H](O)C1CCC1. The minimum Gasteiger partial charge on any atom is -0.391 e. The van der Waals surface area contributed by atoms with Crippen LogP contribution in [0.5, 0.6) is 0 Å². The van der Waals surface area contributed by atoms with Gasteiger partial charge in [-0.25, -0.2) is 4.39 Å². The maximum Gasteiger partial charge on any atom is 0.142 e. The van der Waals surface area contributed by atoms with Crippen molar-refractivity contribution in [1.82, 2.24) is 0 Å². The Kier molecular flexibility index (Phi) is 5.20. The molecular weight excluding hydrogens is 264 g/mol. The van der Waals surface area contributed by atoms with Gasteiger partial charge in [0, 0.05) is 0 Å². The number of aliphatic hydroxyl groups is 1. The first kappa shape index (κ1) is 14.7. The molecule has 0 unspecified atom stereocenters. The summed E-state index contributed by atoms with van der Waals surface area (Å²) in [5.41, 5.74) is 6.51. The summed E-state index contributed by atoms with van der Waals surface area (Å²) in [6.45, 7) is 0. The van der Waals surface area contributed by atoms with Gasteiger partial charge in [0.05, 0.1) is 17.2 Å². The second-order valence-electron chi connectivity index (χ2n) is 4.38. The Morgan fingerprint density at radius 2 is 2.06 bits per heavy atom. The molecule has 2 atom stereocenters. The first-order valence-corrected chi connectivity index (χ1v) is 5.86. The van der Waals surface area contributed by atoms with Crippen LogP contribution in [0.1, 0.15) is 30.9 Å². The van der Waals surface area contributed by atoms with Crippen molar-refractivity contribution in [3.05, 3.63) is 34.6 Å². The molecule has 1 aromatic rings. The third kappa shape index (κ3) is 3.10. The highest BCUT2D eigenvalue weighted by atomic mass is 35.5. The summed E-state index contributed by atoms with van der Waals surface area (Å²) in [4.78, 5) is 0. The molecule has 5 heteroatoms. The number of rotatable bonds is 3. The molecule has 0 aromatic heterocycles. The Balaban J connectivity index is 0.00000144. The van der Waals surface area contributed by atoms with Gasteiger partial charge in [0.1, 0.15) is 5.82 Å². The molecular formula is C12H16Cl2FNO. The maximum absolute atomic E-state index is 13.2. The lowest BCUT2D eigenvalue weighted by molar-refractivity contribution is 0.0413. The van der Waals surface area contributed by atoms with Crippen molar-refractivity contribution in [2.75, 3.05) is 0 Å². The second kappa shape index (κ2) is 6.01. The van der Waals surface area contributed by atoms with Gasteiger partial charge < -0.3 is 10.8 Å². The molecule has 0 radical (unpaired) electrons. The van der Waals surface area contributed by atoms with Crippen LogP contribution in [0.3, 0.4) is 0 Å². The van der Waals surface area contributed by atoms with Crippen LogP contribution in [-0.2, 0) is 0 Å². The minimum atomic E-state index is -0.589. The van der Waals surface area contributed by atoms with Crippen LogP contribution in [0, 0.1) is 11.7 Å². The van der Waals surface area contributed by atoms with Gasteiger partial charge in [0.25, 0.3) is 0 Å². The molecule has 1 aliphatic rings. The molecule has 17 heavy (non-hydrogen) atoms. The van der Waals surface area contributed by atoms with Gasteiger partial charge in [0.15, 0.2) is 0 Å². The molecule has 1 saturated carbocycles. The molecule has 0 heterocycles. The van der Waals surface area contributed by atoms with Crippen LogP contribution >= 0.6 is 24.0 Å². The van der Waals surface area contributed by atoms with E-state index < -0.39 is 18.0 Å². The lowest BCUT2D eigenvalue weighted by Gasteiger charge is -2.33. The first-order chi connectivity index (χ1) is 7.59. The number of halogens is 3. The van der Waals surface area contributed by atoms with Crippen molar-refractivity contribution in [2.24, 2.45) is 11.7 Å². The minimum absolute atomic E-state index is 0.